The zero-order valence-corrected chi connectivity index (χ0v) is 21.0. The normalized spacial score (nSPS) is 10.8. The maximum absolute atomic E-state index is 12.2. The quantitative estimate of drug-likeness (QED) is 0.256. The number of carbonyl (C=O) groups excluding carboxylic acids is 1. The first-order chi connectivity index (χ1) is 18.3. The summed E-state index contributed by atoms with van der Waals surface area (Å²) in [6.45, 7) is 2.03. The number of alkyl halides is 3. The molecule has 0 amide bonds. The van der Waals surface area contributed by atoms with Crippen molar-refractivity contribution in [1.29, 1.82) is 0 Å². The largest absolute Gasteiger partial charge is 0.490 e. The molecule has 0 aliphatic rings. The lowest BCUT2D eigenvalue weighted by Crippen LogP contribution is -2.21. The monoisotopic (exact) mass is 548 g/mol. The second-order valence-corrected chi connectivity index (χ2v) is 8.12. The smallest absolute Gasteiger partial charge is 0.475 e. The fourth-order valence-corrected chi connectivity index (χ4v) is 3.26. The third kappa shape index (κ3) is 7.24. The molecule has 12 nitrogen and oxygen atoms in total. The highest BCUT2D eigenvalue weighted by atomic mass is 19.4. The molecule has 0 aliphatic heterocycles. The third-order valence-electron chi connectivity index (χ3n) is 5.07. The number of carboxylic acid groups (broad SMARTS) is 1. The number of aromatic nitrogens is 3. The van der Waals surface area contributed by atoms with Crippen molar-refractivity contribution in [1.82, 2.24) is 15.0 Å². The molecular weight excluding hydrogens is 525 g/mol. The minimum absolute atomic E-state index is 0.164. The number of halogens is 3. The van der Waals surface area contributed by atoms with E-state index in [0.717, 1.165) is 16.9 Å². The molecule has 4 rings (SSSR count). The van der Waals surface area contributed by atoms with Crippen LogP contribution in [0.25, 0.3) is 11.1 Å². The average molecular weight is 548 g/mol. The van der Waals surface area contributed by atoms with E-state index in [1.165, 1.54) is 13.3 Å². The number of H-pyrrole nitrogens is 1. The molecule has 206 valence electrons. The Bertz CT molecular complexity index is 1560. The minimum Gasteiger partial charge on any atom is -0.475 e. The Hall–Kier alpha value is -5.08. The van der Waals surface area contributed by atoms with Crippen molar-refractivity contribution in [3.8, 4) is 0 Å². The van der Waals surface area contributed by atoms with Crippen molar-refractivity contribution in [2.24, 2.45) is 0 Å². The van der Waals surface area contributed by atoms with Crippen LogP contribution in [0, 0.1) is 6.92 Å². The number of carboxylic acids is 1. The third-order valence-corrected chi connectivity index (χ3v) is 5.07. The van der Waals surface area contributed by atoms with Gasteiger partial charge in [0.1, 0.15) is 5.56 Å². The van der Waals surface area contributed by atoms with Gasteiger partial charge in [-0.2, -0.15) is 18.2 Å². The topological polar surface area (TPSA) is 163 Å². The van der Waals surface area contributed by atoms with Gasteiger partial charge in [-0.3, -0.25) is 4.98 Å². The van der Waals surface area contributed by atoms with Crippen molar-refractivity contribution in [3.63, 3.8) is 0 Å². The maximum atomic E-state index is 12.2. The summed E-state index contributed by atoms with van der Waals surface area (Å²) in [6, 6.07) is 10.9. The lowest BCUT2D eigenvalue weighted by atomic mass is 10.1. The predicted octanol–water partition coefficient (Wildman–Crippen LogP) is 4.19. The highest BCUT2D eigenvalue weighted by Gasteiger charge is 2.38. The Morgan fingerprint density at radius 2 is 1.74 bits per heavy atom. The van der Waals surface area contributed by atoms with Crippen molar-refractivity contribution < 1.29 is 37.0 Å². The molecule has 0 radical (unpaired) electrons. The highest BCUT2D eigenvalue weighted by Crippen LogP contribution is 2.27. The molecule has 2 heterocycles. The number of aryl methyl sites for hydroxylation is 1. The highest BCUT2D eigenvalue weighted by molar-refractivity contribution is 5.95. The van der Waals surface area contributed by atoms with Crippen molar-refractivity contribution in [2.75, 3.05) is 36.7 Å². The van der Waals surface area contributed by atoms with Crippen LogP contribution in [0.4, 0.5) is 42.0 Å². The van der Waals surface area contributed by atoms with Crippen LogP contribution in [-0.4, -0.2) is 59.4 Å². The molecular formula is C24H23F3N6O6. The van der Waals surface area contributed by atoms with Gasteiger partial charge in [-0.1, -0.05) is 6.07 Å². The van der Waals surface area contributed by atoms with Crippen LogP contribution >= 0.6 is 0 Å². The number of aromatic amines is 1. The standard InChI is InChI=1S/C22H22N6O4.C2HF3O2/c1-12-5-6-14(10-17(12)28(2)3)25-21-23-11-15(20(29)31-4)19(27-21)24-13-7-8-18-16(9-13)26-22(30)32-18;3-2(4,5)1(6)7/h5-11H,1-4H3,(H,26,30)(H2,23,24,25,27);(H,6,7). The van der Waals surface area contributed by atoms with E-state index in [0.29, 0.717) is 22.7 Å². The van der Waals surface area contributed by atoms with Gasteiger partial charge in [0, 0.05) is 37.4 Å². The van der Waals surface area contributed by atoms with Gasteiger partial charge in [-0.25, -0.2) is 19.4 Å². The van der Waals surface area contributed by atoms with Crippen molar-refractivity contribution in [2.45, 2.75) is 13.1 Å². The minimum atomic E-state index is -5.08. The molecule has 0 bridgehead atoms. The Kier molecular flexibility index (Phi) is 8.43. The van der Waals surface area contributed by atoms with Crippen LogP contribution < -0.4 is 21.3 Å². The molecule has 0 atom stereocenters. The molecule has 15 heteroatoms. The lowest BCUT2D eigenvalue weighted by molar-refractivity contribution is -0.192. The van der Waals surface area contributed by atoms with E-state index in [1.807, 2.05) is 44.1 Å². The van der Waals surface area contributed by atoms with E-state index in [-0.39, 0.29) is 11.4 Å². The van der Waals surface area contributed by atoms with E-state index >= 15 is 0 Å². The summed E-state index contributed by atoms with van der Waals surface area (Å²) < 4.78 is 41.6. The number of nitrogens with zero attached hydrogens (tertiary/aromatic N) is 3. The van der Waals surface area contributed by atoms with E-state index in [1.54, 1.807) is 18.2 Å². The van der Waals surface area contributed by atoms with E-state index in [9.17, 15) is 22.8 Å². The van der Waals surface area contributed by atoms with Gasteiger partial charge in [0.25, 0.3) is 0 Å². The fraction of sp³-hybridized carbons (Fsp3) is 0.208. The molecule has 0 saturated heterocycles. The number of hydrogen-bond donors (Lipinski definition) is 4. The van der Waals surface area contributed by atoms with Crippen LogP contribution in [0.3, 0.4) is 0 Å². The number of anilines is 5. The first-order valence-electron chi connectivity index (χ1n) is 11.0. The number of oxazole rings is 1. The van der Waals surface area contributed by atoms with Gasteiger partial charge < -0.3 is 29.8 Å². The van der Waals surface area contributed by atoms with Crippen molar-refractivity contribution >= 4 is 51.9 Å². The number of benzene rings is 2. The molecule has 0 spiro atoms. The number of esters is 1. The summed E-state index contributed by atoms with van der Waals surface area (Å²) >= 11 is 0. The molecule has 39 heavy (non-hydrogen) atoms. The number of aliphatic carboxylic acids is 1. The number of fused-ring (bicyclic) bond motifs is 1. The molecule has 0 aliphatic carbocycles. The summed E-state index contributed by atoms with van der Waals surface area (Å²) in [7, 11) is 5.23. The first-order valence-corrected chi connectivity index (χ1v) is 11.0. The predicted molar refractivity (Wildman–Crippen MR) is 136 cm³/mol. The average Bonchev–Trinajstić information content (AvgIpc) is 3.24. The van der Waals surface area contributed by atoms with Gasteiger partial charge in [0.05, 0.1) is 12.6 Å². The number of rotatable bonds is 6. The molecule has 0 fully saturated rings. The van der Waals surface area contributed by atoms with E-state index in [4.69, 9.17) is 19.1 Å². The SMILES string of the molecule is COC(=O)c1cnc(Nc2ccc(C)c(N(C)C)c2)nc1Nc1ccc2oc(=O)[nH]c2c1.O=C(O)C(F)(F)F. The van der Waals surface area contributed by atoms with Gasteiger partial charge in [0.15, 0.2) is 11.4 Å². The van der Waals surface area contributed by atoms with Crippen LogP contribution in [-0.2, 0) is 9.53 Å². The van der Waals surface area contributed by atoms with Gasteiger partial charge in [-0.05, 0) is 42.8 Å². The number of nitrogens with one attached hydrogen (secondary N) is 3. The fourth-order valence-electron chi connectivity index (χ4n) is 3.26. The second kappa shape index (κ2) is 11.5. The molecule has 0 saturated carbocycles. The second-order valence-electron chi connectivity index (χ2n) is 8.12. The Balaban J connectivity index is 0.000000532. The molecule has 2 aromatic carbocycles. The van der Waals surface area contributed by atoms with Crippen LogP contribution in [0.15, 0.2) is 51.8 Å². The van der Waals surface area contributed by atoms with Gasteiger partial charge >= 0.3 is 23.9 Å². The van der Waals surface area contributed by atoms with E-state index in [2.05, 4.69) is 25.6 Å². The summed E-state index contributed by atoms with van der Waals surface area (Å²) in [5.41, 5.74) is 4.69. The molecule has 4 aromatic rings. The molecule has 0 unspecified atom stereocenters. The number of hydrogen-bond acceptors (Lipinski definition) is 10. The van der Waals surface area contributed by atoms with Crippen molar-refractivity contribution in [3.05, 3.63) is 64.3 Å². The zero-order chi connectivity index (χ0) is 28.9. The maximum Gasteiger partial charge on any atom is 0.490 e. The Morgan fingerprint density at radius 1 is 1.10 bits per heavy atom. The van der Waals surface area contributed by atoms with Gasteiger partial charge in [-0.15, -0.1) is 0 Å². The number of carbonyl (C=O) groups is 2. The number of ether oxygens (including phenoxy) is 1. The Labute approximate surface area is 218 Å². The Morgan fingerprint density at radius 3 is 2.36 bits per heavy atom. The number of methoxy groups -OCH3 is 1. The van der Waals surface area contributed by atoms with E-state index < -0.39 is 23.9 Å². The van der Waals surface area contributed by atoms with Crippen LogP contribution in [0.1, 0.15) is 15.9 Å². The van der Waals surface area contributed by atoms with Crippen LogP contribution in [0.5, 0.6) is 0 Å². The summed E-state index contributed by atoms with van der Waals surface area (Å²) in [5, 5.41) is 13.4. The molecule has 2 aromatic heterocycles. The van der Waals surface area contributed by atoms with Crippen LogP contribution in [0.2, 0.25) is 0 Å². The summed E-state index contributed by atoms with van der Waals surface area (Å²) in [6.07, 6.45) is -3.69. The molecule has 4 N–H and O–H groups in total. The first kappa shape index (κ1) is 28.5. The summed E-state index contributed by atoms with van der Waals surface area (Å²) in [5.74, 6) is -3.34. The lowest BCUT2D eigenvalue weighted by Gasteiger charge is -2.17. The zero-order valence-electron chi connectivity index (χ0n) is 21.0. The summed E-state index contributed by atoms with van der Waals surface area (Å²) in [4.78, 5) is 45.9. The van der Waals surface area contributed by atoms with Gasteiger partial charge in [0.2, 0.25) is 5.95 Å².